The molecule has 4 nitrogen and oxygen atoms in total. The Balaban J connectivity index is 1.81. The van der Waals surface area contributed by atoms with Crippen LogP contribution < -0.4 is 11.1 Å². The molecule has 1 heterocycles. The van der Waals surface area contributed by atoms with E-state index in [-0.39, 0.29) is 17.3 Å². The van der Waals surface area contributed by atoms with Gasteiger partial charge in [-0.2, -0.15) is 0 Å². The summed E-state index contributed by atoms with van der Waals surface area (Å²) in [5, 5.41) is 2.68. The van der Waals surface area contributed by atoms with Crippen LogP contribution in [0.15, 0.2) is 24.3 Å². The lowest BCUT2D eigenvalue weighted by molar-refractivity contribution is -0.119. The molecule has 3 N–H and O–H groups in total. The molecule has 1 aliphatic heterocycles. The molecule has 1 fully saturated rings. The van der Waals surface area contributed by atoms with E-state index < -0.39 is 0 Å². The molecule has 19 heavy (non-hydrogen) atoms. The highest BCUT2D eigenvalue weighted by Crippen LogP contribution is 2.25. The molecule has 0 atom stereocenters. The topological polar surface area (TPSA) is 58.4 Å². The number of nitrogens with one attached hydrogen (secondary N) is 1. The van der Waals surface area contributed by atoms with Crippen LogP contribution in [0.1, 0.15) is 13.8 Å². The van der Waals surface area contributed by atoms with Crippen LogP contribution in [0.5, 0.6) is 0 Å². The number of rotatable bonds is 4. The average molecular weight is 265 g/mol. The van der Waals surface area contributed by atoms with Crippen molar-refractivity contribution in [2.24, 2.45) is 11.7 Å². The SMILES string of the molecule is CC(C)C1(N)CN(CC(=O)Nc2cccc(F)c2)C1. The van der Waals surface area contributed by atoms with Crippen molar-refractivity contribution in [2.75, 3.05) is 25.0 Å². The Morgan fingerprint density at radius 3 is 2.79 bits per heavy atom. The third-order valence-corrected chi connectivity index (χ3v) is 3.66. The van der Waals surface area contributed by atoms with Crippen LogP contribution >= 0.6 is 0 Å². The molecule has 5 heteroatoms. The summed E-state index contributed by atoms with van der Waals surface area (Å²) in [6.45, 7) is 5.92. The fourth-order valence-corrected chi connectivity index (χ4v) is 2.23. The van der Waals surface area contributed by atoms with Gasteiger partial charge < -0.3 is 11.1 Å². The summed E-state index contributed by atoms with van der Waals surface area (Å²) in [4.78, 5) is 13.8. The number of carbonyl (C=O) groups is 1. The van der Waals surface area contributed by atoms with Crippen LogP contribution in [0.2, 0.25) is 0 Å². The smallest absolute Gasteiger partial charge is 0.238 e. The highest BCUT2D eigenvalue weighted by molar-refractivity contribution is 5.92. The van der Waals surface area contributed by atoms with Gasteiger partial charge in [0.05, 0.1) is 6.54 Å². The highest BCUT2D eigenvalue weighted by Gasteiger charge is 2.42. The van der Waals surface area contributed by atoms with Crippen molar-refractivity contribution in [1.29, 1.82) is 0 Å². The predicted molar refractivity (Wildman–Crippen MR) is 73.2 cm³/mol. The third-order valence-electron chi connectivity index (χ3n) is 3.66. The standard InChI is InChI=1S/C14H20FN3O/c1-10(2)14(16)8-18(9-14)7-13(19)17-12-5-3-4-11(15)6-12/h3-6,10H,7-9,16H2,1-2H3,(H,17,19). The summed E-state index contributed by atoms with van der Waals surface area (Å²) < 4.78 is 13.0. The van der Waals surface area contributed by atoms with Gasteiger partial charge >= 0.3 is 0 Å². The summed E-state index contributed by atoms with van der Waals surface area (Å²) in [7, 11) is 0. The van der Waals surface area contributed by atoms with Crippen molar-refractivity contribution in [1.82, 2.24) is 4.90 Å². The van der Waals surface area contributed by atoms with Gasteiger partial charge in [-0.15, -0.1) is 0 Å². The maximum Gasteiger partial charge on any atom is 0.238 e. The van der Waals surface area contributed by atoms with Gasteiger partial charge in [-0.05, 0) is 24.1 Å². The maximum absolute atomic E-state index is 13.0. The first-order valence-corrected chi connectivity index (χ1v) is 6.46. The molecule has 1 amide bonds. The van der Waals surface area contributed by atoms with E-state index in [0.717, 1.165) is 13.1 Å². The summed E-state index contributed by atoms with van der Waals surface area (Å²) in [5.74, 6) is -0.103. The van der Waals surface area contributed by atoms with E-state index in [9.17, 15) is 9.18 Å². The van der Waals surface area contributed by atoms with E-state index in [2.05, 4.69) is 19.2 Å². The van der Waals surface area contributed by atoms with Crippen molar-refractivity contribution in [3.63, 3.8) is 0 Å². The normalized spacial score (nSPS) is 18.2. The Hall–Kier alpha value is -1.46. The molecule has 0 aliphatic carbocycles. The van der Waals surface area contributed by atoms with Crippen LogP contribution in [0.3, 0.4) is 0 Å². The number of halogens is 1. The fraction of sp³-hybridized carbons (Fsp3) is 0.500. The molecule has 1 aliphatic rings. The van der Waals surface area contributed by atoms with Crippen molar-refractivity contribution < 1.29 is 9.18 Å². The molecular formula is C14H20FN3O. The van der Waals surface area contributed by atoms with Crippen LogP contribution in [0.25, 0.3) is 0 Å². The Morgan fingerprint density at radius 2 is 2.21 bits per heavy atom. The number of benzene rings is 1. The second-order valence-corrected chi connectivity index (χ2v) is 5.59. The number of hydrogen-bond acceptors (Lipinski definition) is 3. The zero-order chi connectivity index (χ0) is 14.0. The molecule has 0 radical (unpaired) electrons. The van der Waals surface area contributed by atoms with Gasteiger partial charge in [0.25, 0.3) is 0 Å². The minimum absolute atomic E-state index is 0.142. The maximum atomic E-state index is 13.0. The van der Waals surface area contributed by atoms with Crippen LogP contribution in [0.4, 0.5) is 10.1 Å². The lowest BCUT2D eigenvalue weighted by atomic mass is 9.80. The summed E-state index contributed by atoms with van der Waals surface area (Å²) in [6, 6.07) is 5.88. The molecule has 104 valence electrons. The molecule has 0 aromatic heterocycles. The zero-order valence-corrected chi connectivity index (χ0v) is 11.3. The molecule has 2 rings (SSSR count). The fourth-order valence-electron chi connectivity index (χ4n) is 2.23. The van der Waals surface area contributed by atoms with Gasteiger partial charge in [-0.3, -0.25) is 9.69 Å². The summed E-state index contributed by atoms with van der Waals surface area (Å²) >= 11 is 0. The molecule has 0 unspecified atom stereocenters. The van der Waals surface area contributed by atoms with Crippen molar-refractivity contribution in [2.45, 2.75) is 19.4 Å². The Kier molecular flexibility index (Phi) is 3.87. The number of likely N-dealkylation sites (tertiary alicyclic amines) is 1. The first-order chi connectivity index (χ1) is 8.89. The largest absolute Gasteiger partial charge is 0.325 e. The van der Waals surface area contributed by atoms with Crippen LogP contribution in [-0.4, -0.2) is 36.0 Å². The van der Waals surface area contributed by atoms with E-state index >= 15 is 0 Å². The van der Waals surface area contributed by atoms with E-state index in [4.69, 9.17) is 5.73 Å². The van der Waals surface area contributed by atoms with E-state index in [0.29, 0.717) is 18.2 Å². The van der Waals surface area contributed by atoms with Crippen LogP contribution in [-0.2, 0) is 4.79 Å². The predicted octanol–water partition coefficient (Wildman–Crippen LogP) is 1.43. The average Bonchev–Trinajstić information content (AvgIpc) is 2.26. The van der Waals surface area contributed by atoms with Gasteiger partial charge in [-0.1, -0.05) is 19.9 Å². The Bertz CT molecular complexity index is 470. The minimum atomic E-state index is -0.359. The van der Waals surface area contributed by atoms with Gasteiger partial charge in [0.2, 0.25) is 5.91 Å². The summed E-state index contributed by atoms with van der Waals surface area (Å²) in [5.41, 5.74) is 6.46. The number of hydrogen-bond donors (Lipinski definition) is 2. The quantitative estimate of drug-likeness (QED) is 0.866. The molecule has 0 saturated carbocycles. The van der Waals surface area contributed by atoms with E-state index in [1.54, 1.807) is 12.1 Å². The molecule has 0 bridgehead atoms. The number of amides is 1. The minimum Gasteiger partial charge on any atom is -0.325 e. The van der Waals surface area contributed by atoms with E-state index in [1.165, 1.54) is 12.1 Å². The molecular weight excluding hydrogens is 245 g/mol. The second-order valence-electron chi connectivity index (χ2n) is 5.59. The number of anilines is 1. The van der Waals surface area contributed by atoms with Gasteiger partial charge in [0, 0.05) is 24.3 Å². The monoisotopic (exact) mass is 265 g/mol. The highest BCUT2D eigenvalue weighted by atomic mass is 19.1. The van der Waals surface area contributed by atoms with Gasteiger partial charge in [0.15, 0.2) is 0 Å². The van der Waals surface area contributed by atoms with Crippen molar-refractivity contribution in [3.8, 4) is 0 Å². The van der Waals surface area contributed by atoms with Gasteiger partial charge in [-0.25, -0.2) is 4.39 Å². The lowest BCUT2D eigenvalue weighted by Crippen LogP contribution is -2.70. The molecule has 0 spiro atoms. The number of nitrogens with two attached hydrogens (primary N) is 1. The van der Waals surface area contributed by atoms with Crippen molar-refractivity contribution >= 4 is 11.6 Å². The Labute approximate surface area is 112 Å². The summed E-state index contributed by atoms with van der Waals surface area (Å²) in [6.07, 6.45) is 0. The lowest BCUT2D eigenvalue weighted by Gasteiger charge is -2.50. The number of nitrogens with zero attached hydrogens (tertiary/aromatic N) is 1. The number of carbonyl (C=O) groups excluding carboxylic acids is 1. The molecule has 1 aromatic rings. The molecule has 1 saturated heterocycles. The van der Waals surface area contributed by atoms with Crippen molar-refractivity contribution in [3.05, 3.63) is 30.1 Å². The van der Waals surface area contributed by atoms with Crippen LogP contribution in [0, 0.1) is 11.7 Å². The zero-order valence-electron chi connectivity index (χ0n) is 11.3. The van der Waals surface area contributed by atoms with Gasteiger partial charge in [0.1, 0.15) is 5.82 Å². The third kappa shape index (κ3) is 3.30. The first-order valence-electron chi connectivity index (χ1n) is 6.46. The van der Waals surface area contributed by atoms with E-state index in [1.807, 2.05) is 4.90 Å². The first kappa shape index (κ1) is 14.0. The molecule has 1 aromatic carbocycles. The second kappa shape index (κ2) is 5.27. The Morgan fingerprint density at radius 1 is 1.53 bits per heavy atom.